The smallest absolute Gasteiger partial charge is 0.220 e. The molecule has 0 spiro atoms. The zero-order valence-electron chi connectivity index (χ0n) is 11.0. The maximum atomic E-state index is 11.7. The van der Waals surface area contributed by atoms with Gasteiger partial charge in [0.2, 0.25) is 5.91 Å². The summed E-state index contributed by atoms with van der Waals surface area (Å²) in [6.45, 7) is 3.29. The first kappa shape index (κ1) is 13.2. The number of guanidine groups is 1. The Kier molecular flexibility index (Phi) is 5.30. The van der Waals surface area contributed by atoms with Crippen LogP contribution in [-0.2, 0) is 4.79 Å². The fourth-order valence-electron chi connectivity index (χ4n) is 2.58. The fraction of sp³-hybridized carbons (Fsp3) is 0.846. The molecule has 1 saturated carbocycles. The molecule has 0 bridgehead atoms. The molecule has 2 aliphatic rings. The molecule has 0 aromatic carbocycles. The van der Waals surface area contributed by atoms with Crippen LogP contribution in [0.5, 0.6) is 0 Å². The van der Waals surface area contributed by atoms with Crippen molar-refractivity contribution >= 4 is 11.9 Å². The standard InChI is InChI=1S/C13H24N4O/c18-12(10-11-4-1-2-5-11)14-8-9-17-13-15-6-3-7-16-13/h11H,1-10H2,(H,14,18)(H2,15,16,17). The third-order valence-electron chi connectivity index (χ3n) is 3.59. The average molecular weight is 252 g/mol. The summed E-state index contributed by atoms with van der Waals surface area (Å²) < 4.78 is 0. The average Bonchev–Trinajstić information content (AvgIpc) is 2.89. The minimum Gasteiger partial charge on any atom is -0.356 e. The number of carbonyl (C=O) groups is 1. The molecule has 5 heteroatoms. The maximum Gasteiger partial charge on any atom is 0.220 e. The summed E-state index contributed by atoms with van der Waals surface area (Å²) in [6.07, 6.45) is 6.86. The molecular formula is C13H24N4O. The van der Waals surface area contributed by atoms with Gasteiger partial charge in [-0.05, 0) is 25.2 Å². The minimum absolute atomic E-state index is 0.197. The van der Waals surface area contributed by atoms with Crippen LogP contribution in [0.3, 0.4) is 0 Å². The molecule has 1 aliphatic carbocycles. The van der Waals surface area contributed by atoms with E-state index in [0.717, 1.165) is 32.0 Å². The molecule has 0 aromatic heterocycles. The summed E-state index contributed by atoms with van der Waals surface area (Å²) in [5.74, 6) is 1.69. The summed E-state index contributed by atoms with van der Waals surface area (Å²) >= 11 is 0. The Balaban J connectivity index is 1.51. The molecule has 0 saturated heterocycles. The van der Waals surface area contributed by atoms with Crippen LogP contribution in [0.1, 0.15) is 38.5 Å². The SMILES string of the molecule is O=C(CC1CCCC1)NCCNC1=NCCCN1. The molecular weight excluding hydrogens is 228 g/mol. The second-order valence-electron chi connectivity index (χ2n) is 5.14. The van der Waals surface area contributed by atoms with E-state index < -0.39 is 0 Å². The zero-order chi connectivity index (χ0) is 12.6. The Labute approximate surface area is 109 Å². The summed E-state index contributed by atoms with van der Waals surface area (Å²) in [5.41, 5.74) is 0. The van der Waals surface area contributed by atoms with E-state index in [4.69, 9.17) is 0 Å². The van der Waals surface area contributed by atoms with E-state index in [0.29, 0.717) is 18.9 Å². The Bertz CT molecular complexity index is 297. The third-order valence-corrected chi connectivity index (χ3v) is 3.59. The predicted molar refractivity (Wildman–Crippen MR) is 72.5 cm³/mol. The second-order valence-corrected chi connectivity index (χ2v) is 5.14. The molecule has 0 unspecified atom stereocenters. The Morgan fingerprint density at radius 1 is 1.28 bits per heavy atom. The molecule has 18 heavy (non-hydrogen) atoms. The quantitative estimate of drug-likeness (QED) is 0.629. The van der Waals surface area contributed by atoms with E-state index >= 15 is 0 Å². The lowest BCUT2D eigenvalue weighted by Gasteiger charge is -2.16. The van der Waals surface area contributed by atoms with Gasteiger partial charge >= 0.3 is 0 Å². The highest BCUT2D eigenvalue weighted by Gasteiger charge is 2.17. The van der Waals surface area contributed by atoms with Gasteiger partial charge < -0.3 is 16.0 Å². The second kappa shape index (κ2) is 7.24. The van der Waals surface area contributed by atoms with Gasteiger partial charge in [-0.1, -0.05) is 12.8 Å². The van der Waals surface area contributed by atoms with Crippen molar-refractivity contribution in [2.24, 2.45) is 10.9 Å². The van der Waals surface area contributed by atoms with Crippen molar-refractivity contribution in [2.45, 2.75) is 38.5 Å². The maximum absolute atomic E-state index is 11.7. The molecule has 1 fully saturated rings. The van der Waals surface area contributed by atoms with Crippen molar-refractivity contribution < 1.29 is 4.79 Å². The normalized spacial score (nSPS) is 20.1. The van der Waals surface area contributed by atoms with Crippen LogP contribution in [0.15, 0.2) is 4.99 Å². The highest BCUT2D eigenvalue weighted by atomic mass is 16.1. The van der Waals surface area contributed by atoms with Gasteiger partial charge in [-0.3, -0.25) is 9.79 Å². The van der Waals surface area contributed by atoms with Gasteiger partial charge in [-0.25, -0.2) is 0 Å². The van der Waals surface area contributed by atoms with E-state index in [1.807, 2.05) is 0 Å². The van der Waals surface area contributed by atoms with Crippen LogP contribution in [0.25, 0.3) is 0 Å². The molecule has 0 radical (unpaired) electrons. The topological polar surface area (TPSA) is 65.5 Å². The summed E-state index contributed by atoms with van der Waals surface area (Å²) in [7, 11) is 0. The van der Waals surface area contributed by atoms with Gasteiger partial charge in [0, 0.05) is 32.6 Å². The van der Waals surface area contributed by atoms with Gasteiger partial charge in [0.25, 0.3) is 0 Å². The summed E-state index contributed by atoms with van der Waals surface area (Å²) in [4.78, 5) is 16.0. The monoisotopic (exact) mass is 252 g/mol. The number of aliphatic imine (C=N–C) groups is 1. The largest absolute Gasteiger partial charge is 0.356 e. The number of hydrogen-bond donors (Lipinski definition) is 3. The van der Waals surface area contributed by atoms with E-state index in [1.54, 1.807) is 0 Å². The lowest BCUT2D eigenvalue weighted by Crippen LogP contribution is -2.43. The number of nitrogens with one attached hydrogen (secondary N) is 3. The molecule has 1 heterocycles. The molecule has 0 aromatic rings. The van der Waals surface area contributed by atoms with Crippen LogP contribution < -0.4 is 16.0 Å². The van der Waals surface area contributed by atoms with E-state index in [1.165, 1.54) is 25.7 Å². The van der Waals surface area contributed by atoms with Crippen molar-refractivity contribution in [1.29, 1.82) is 0 Å². The predicted octanol–water partition coefficient (Wildman–Crippen LogP) is 0.622. The first-order chi connectivity index (χ1) is 8.84. The number of carbonyl (C=O) groups excluding carboxylic acids is 1. The lowest BCUT2D eigenvalue weighted by molar-refractivity contribution is -0.121. The van der Waals surface area contributed by atoms with Gasteiger partial charge in [0.15, 0.2) is 5.96 Å². The number of hydrogen-bond acceptors (Lipinski definition) is 4. The molecule has 5 nitrogen and oxygen atoms in total. The number of rotatable bonds is 5. The van der Waals surface area contributed by atoms with Crippen LogP contribution in [-0.4, -0.2) is 38.0 Å². The van der Waals surface area contributed by atoms with Crippen LogP contribution >= 0.6 is 0 Å². The number of amides is 1. The van der Waals surface area contributed by atoms with Crippen molar-refractivity contribution in [2.75, 3.05) is 26.2 Å². The Hall–Kier alpha value is -1.26. The van der Waals surface area contributed by atoms with Crippen LogP contribution in [0.4, 0.5) is 0 Å². The van der Waals surface area contributed by atoms with Crippen LogP contribution in [0, 0.1) is 5.92 Å². The van der Waals surface area contributed by atoms with Crippen molar-refractivity contribution in [3.8, 4) is 0 Å². The molecule has 1 aliphatic heterocycles. The minimum atomic E-state index is 0.197. The molecule has 3 N–H and O–H groups in total. The zero-order valence-corrected chi connectivity index (χ0v) is 11.0. The Morgan fingerprint density at radius 3 is 2.83 bits per heavy atom. The van der Waals surface area contributed by atoms with Gasteiger partial charge in [-0.15, -0.1) is 0 Å². The van der Waals surface area contributed by atoms with Gasteiger partial charge in [0.05, 0.1) is 0 Å². The number of nitrogens with zero attached hydrogens (tertiary/aromatic N) is 1. The van der Waals surface area contributed by atoms with Gasteiger partial charge in [0.1, 0.15) is 0 Å². The fourth-order valence-corrected chi connectivity index (χ4v) is 2.58. The summed E-state index contributed by atoms with van der Waals surface area (Å²) in [6, 6.07) is 0. The molecule has 102 valence electrons. The van der Waals surface area contributed by atoms with Crippen molar-refractivity contribution in [1.82, 2.24) is 16.0 Å². The van der Waals surface area contributed by atoms with Crippen molar-refractivity contribution in [3.05, 3.63) is 0 Å². The third kappa shape index (κ3) is 4.55. The highest BCUT2D eigenvalue weighted by molar-refractivity contribution is 5.80. The van der Waals surface area contributed by atoms with Crippen LogP contribution in [0.2, 0.25) is 0 Å². The molecule has 0 atom stereocenters. The van der Waals surface area contributed by atoms with Crippen molar-refractivity contribution in [3.63, 3.8) is 0 Å². The van der Waals surface area contributed by atoms with E-state index in [-0.39, 0.29) is 5.91 Å². The molecule has 1 amide bonds. The first-order valence-corrected chi connectivity index (χ1v) is 7.13. The van der Waals surface area contributed by atoms with E-state index in [9.17, 15) is 4.79 Å². The molecule has 2 rings (SSSR count). The Morgan fingerprint density at radius 2 is 2.11 bits per heavy atom. The first-order valence-electron chi connectivity index (χ1n) is 7.13. The lowest BCUT2D eigenvalue weighted by atomic mass is 10.0. The van der Waals surface area contributed by atoms with Gasteiger partial charge in [-0.2, -0.15) is 0 Å². The van der Waals surface area contributed by atoms with E-state index in [2.05, 4.69) is 20.9 Å². The summed E-state index contributed by atoms with van der Waals surface area (Å²) in [5, 5.41) is 9.35. The highest BCUT2D eigenvalue weighted by Crippen LogP contribution is 2.27.